The van der Waals surface area contributed by atoms with Crippen LogP contribution >= 0.6 is 11.3 Å². The van der Waals surface area contributed by atoms with E-state index in [1.165, 1.54) is 5.56 Å². The molecule has 3 rings (SSSR count). The summed E-state index contributed by atoms with van der Waals surface area (Å²) in [6.45, 7) is 0.720. The second kappa shape index (κ2) is 4.13. The highest BCUT2D eigenvalue weighted by Gasteiger charge is 2.39. The zero-order valence-electron chi connectivity index (χ0n) is 9.64. The molecule has 0 spiro atoms. The Labute approximate surface area is 104 Å². The molecule has 17 heavy (non-hydrogen) atoms. The number of nitrogens with one attached hydrogen (secondary N) is 1. The van der Waals surface area contributed by atoms with Crippen LogP contribution in [0, 0.1) is 0 Å². The molecule has 88 valence electrons. The number of ether oxygens (including phenoxy) is 1. The van der Waals surface area contributed by atoms with E-state index in [9.17, 15) is 0 Å². The molecule has 0 saturated carbocycles. The maximum absolute atomic E-state index is 5.72. The number of hydrogen-bond acceptors (Lipinski definition) is 4. The normalized spacial score (nSPS) is 22.9. The van der Waals surface area contributed by atoms with Gasteiger partial charge in [-0.15, -0.1) is 11.3 Å². The van der Waals surface area contributed by atoms with Crippen LogP contribution in [0.25, 0.3) is 0 Å². The Hall–Kier alpha value is -1.39. The van der Waals surface area contributed by atoms with Crippen LogP contribution in [0.5, 0.6) is 5.75 Å². The summed E-state index contributed by atoms with van der Waals surface area (Å²) >= 11 is 1.69. The number of benzene rings is 1. The average molecular weight is 246 g/mol. The Bertz CT molecular complexity index is 512. The fraction of sp³-hybridized carbons (Fsp3) is 0.308. The topological polar surface area (TPSA) is 34.2 Å². The zero-order valence-corrected chi connectivity index (χ0v) is 10.5. The van der Waals surface area contributed by atoms with E-state index in [1.54, 1.807) is 11.3 Å². The van der Waals surface area contributed by atoms with Gasteiger partial charge in [0.15, 0.2) is 0 Å². The molecule has 2 heterocycles. The van der Waals surface area contributed by atoms with Crippen LogP contribution in [0.1, 0.15) is 17.0 Å². The molecule has 1 unspecified atom stereocenters. The van der Waals surface area contributed by atoms with Crippen LogP contribution in [0.15, 0.2) is 35.8 Å². The maximum Gasteiger partial charge on any atom is 0.124 e. The number of thiazole rings is 1. The predicted octanol–water partition coefficient (Wildman–Crippen LogP) is 2.39. The minimum absolute atomic E-state index is 0.191. The van der Waals surface area contributed by atoms with Crippen LogP contribution in [-0.2, 0) is 5.54 Å². The van der Waals surface area contributed by atoms with Crippen molar-refractivity contribution in [2.75, 3.05) is 13.7 Å². The van der Waals surface area contributed by atoms with Crippen molar-refractivity contribution >= 4 is 11.3 Å². The molecular formula is C13H14N2OS. The van der Waals surface area contributed by atoms with E-state index in [2.05, 4.69) is 16.4 Å². The highest BCUT2D eigenvalue weighted by Crippen LogP contribution is 2.41. The first-order valence-electron chi connectivity index (χ1n) is 5.68. The summed E-state index contributed by atoms with van der Waals surface area (Å²) in [6.07, 6.45) is 2.77. The number of nitrogens with zero attached hydrogens (tertiary/aromatic N) is 1. The molecular weight excluding hydrogens is 232 g/mol. The van der Waals surface area contributed by atoms with Crippen LogP contribution < -0.4 is 10.1 Å². The van der Waals surface area contributed by atoms with Gasteiger partial charge in [0.25, 0.3) is 0 Å². The second-order valence-corrected chi connectivity index (χ2v) is 4.98. The predicted molar refractivity (Wildman–Crippen MR) is 68.5 cm³/mol. The molecule has 4 heteroatoms. The van der Waals surface area contributed by atoms with E-state index < -0.39 is 0 Å². The highest BCUT2D eigenvalue weighted by atomic mass is 32.1. The fourth-order valence-electron chi connectivity index (χ4n) is 2.42. The summed E-state index contributed by atoms with van der Waals surface area (Å²) < 4.78 is 5.72. The standard InChI is InChI=1S/C13H14N2OS/c1-14-13(12-15-7-9-17-12)6-8-16-11-5-3-2-4-10(11)13/h2-5,7,9,14H,6,8H2,1H3. The van der Waals surface area contributed by atoms with Gasteiger partial charge in [-0.1, -0.05) is 18.2 Å². The fourth-order valence-corrected chi connectivity index (χ4v) is 3.30. The first-order valence-corrected chi connectivity index (χ1v) is 6.56. The molecule has 1 N–H and O–H groups in total. The van der Waals surface area contributed by atoms with Crippen LogP contribution in [-0.4, -0.2) is 18.6 Å². The van der Waals surface area contributed by atoms with Gasteiger partial charge in [0.2, 0.25) is 0 Å². The van der Waals surface area contributed by atoms with Gasteiger partial charge < -0.3 is 10.1 Å². The average Bonchev–Trinajstić information content (AvgIpc) is 2.92. The van der Waals surface area contributed by atoms with Crippen molar-refractivity contribution in [2.24, 2.45) is 0 Å². The zero-order chi connectivity index (χ0) is 11.7. The van der Waals surface area contributed by atoms with Crippen molar-refractivity contribution in [3.63, 3.8) is 0 Å². The highest BCUT2D eigenvalue weighted by molar-refractivity contribution is 7.09. The molecule has 0 bridgehead atoms. The smallest absolute Gasteiger partial charge is 0.124 e. The SMILES string of the molecule is CNC1(c2nccs2)CCOc2ccccc21. The quantitative estimate of drug-likeness (QED) is 0.883. The molecule has 0 fully saturated rings. The molecule has 3 nitrogen and oxygen atoms in total. The Morgan fingerprint density at radius 3 is 3.06 bits per heavy atom. The van der Waals surface area contributed by atoms with Crippen LogP contribution in [0.4, 0.5) is 0 Å². The molecule has 1 aliphatic heterocycles. The number of aromatic nitrogens is 1. The van der Waals surface area contributed by atoms with Crippen molar-refractivity contribution in [2.45, 2.75) is 12.0 Å². The van der Waals surface area contributed by atoms with Crippen molar-refractivity contribution in [3.05, 3.63) is 46.4 Å². The molecule has 0 amide bonds. The third-order valence-corrected chi connectivity index (χ3v) is 4.24. The van der Waals surface area contributed by atoms with Crippen LogP contribution in [0.2, 0.25) is 0 Å². The van der Waals surface area contributed by atoms with Crippen molar-refractivity contribution in [1.29, 1.82) is 0 Å². The minimum atomic E-state index is -0.191. The van der Waals surface area contributed by atoms with Gasteiger partial charge in [-0.05, 0) is 13.1 Å². The lowest BCUT2D eigenvalue weighted by Gasteiger charge is -2.37. The lowest BCUT2D eigenvalue weighted by Crippen LogP contribution is -2.44. The molecule has 1 aromatic heterocycles. The second-order valence-electron chi connectivity index (χ2n) is 4.09. The molecule has 0 aliphatic carbocycles. The van der Waals surface area contributed by atoms with Crippen molar-refractivity contribution in [3.8, 4) is 5.75 Å². The summed E-state index contributed by atoms with van der Waals surface area (Å²) in [4.78, 5) is 4.48. The lowest BCUT2D eigenvalue weighted by atomic mass is 9.85. The summed E-state index contributed by atoms with van der Waals surface area (Å²) in [5.41, 5.74) is 0.993. The van der Waals surface area contributed by atoms with Crippen LogP contribution in [0.3, 0.4) is 0 Å². The van der Waals surface area contributed by atoms with Gasteiger partial charge in [0, 0.05) is 23.6 Å². The molecule has 1 atom stereocenters. The third-order valence-electron chi connectivity index (χ3n) is 3.31. The van der Waals surface area contributed by atoms with Crippen molar-refractivity contribution in [1.82, 2.24) is 10.3 Å². The summed E-state index contributed by atoms with van der Waals surface area (Å²) in [6, 6.07) is 8.19. The Morgan fingerprint density at radius 2 is 2.29 bits per heavy atom. The number of rotatable bonds is 2. The van der Waals surface area contributed by atoms with Gasteiger partial charge in [0.05, 0.1) is 6.61 Å². The Balaban J connectivity index is 2.19. The Morgan fingerprint density at radius 1 is 1.41 bits per heavy atom. The number of fused-ring (bicyclic) bond motifs is 1. The third kappa shape index (κ3) is 1.56. The van der Waals surface area contributed by atoms with Gasteiger partial charge in [-0.2, -0.15) is 0 Å². The summed E-state index contributed by atoms with van der Waals surface area (Å²) in [7, 11) is 1.99. The van der Waals surface area contributed by atoms with E-state index in [0.29, 0.717) is 0 Å². The first-order chi connectivity index (χ1) is 8.37. The molecule has 2 aromatic rings. The van der Waals surface area contributed by atoms with Gasteiger partial charge >= 0.3 is 0 Å². The lowest BCUT2D eigenvalue weighted by molar-refractivity contribution is 0.217. The van der Waals surface area contributed by atoms with Gasteiger partial charge in [-0.3, -0.25) is 0 Å². The van der Waals surface area contributed by atoms with Gasteiger partial charge in [-0.25, -0.2) is 4.98 Å². The van der Waals surface area contributed by atoms with E-state index in [0.717, 1.165) is 23.8 Å². The van der Waals surface area contributed by atoms with E-state index in [1.807, 2.05) is 36.8 Å². The van der Waals surface area contributed by atoms with E-state index in [4.69, 9.17) is 4.74 Å². The first kappa shape index (κ1) is 10.7. The molecule has 1 aliphatic rings. The number of para-hydroxylation sites is 1. The Kier molecular flexibility index (Phi) is 2.61. The molecule has 0 radical (unpaired) electrons. The largest absolute Gasteiger partial charge is 0.493 e. The number of hydrogen-bond donors (Lipinski definition) is 1. The van der Waals surface area contributed by atoms with Gasteiger partial charge in [0.1, 0.15) is 16.3 Å². The van der Waals surface area contributed by atoms with E-state index >= 15 is 0 Å². The maximum atomic E-state index is 5.72. The summed E-state index contributed by atoms with van der Waals surface area (Å²) in [5.74, 6) is 0.961. The molecule has 0 saturated heterocycles. The molecule has 1 aromatic carbocycles. The summed E-state index contributed by atoms with van der Waals surface area (Å²) in [5, 5.41) is 6.57. The monoisotopic (exact) mass is 246 g/mol. The minimum Gasteiger partial charge on any atom is -0.493 e. The van der Waals surface area contributed by atoms with E-state index in [-0.39, 0.29) is 5.54 Å². The van der Waals surface area contributed by atoms with Crippen molar-refractivity contribution < 1.29 is 4.74 Å².